The second-order valence-electron chi connectivity index (χ2n) is 4.15. The topological polar surface area (TPSA) is 74.6 Å². The highest BCUT2D eigenvalue weighted by atomic mass is 79.9. The quantitative estimate of drug-likeness (QED) is 0.827. The molecule has 1 aliphatic rings. The highest BCUT2D eigenvalue weighted by Crippen LogP contribution is 2.39. The molecule has 0 saturated heterocycles. The molecular formula is C12H10Br2O4. The SMILES string of the molecule is O=C(O)c1c(Br)c(Br)c(C(=O)O)c2c1CCCC2. The molecule has 4 nitrogen and oxygen atoms in total. The van der Waals surface area contributed by atoms with Crippen LogP contribution < -0.4 is 0 Å². The molecule has 1 aliphatic carbocycles. The minimum atomic E-state index is -1.03. The summed E-state index contributed by atoms with van der Waals surface area (Å²) < 4.78 is 0.626. The molecule has 1 aromatic rings. The van der Waals surface area contributed by atoms with Crippen molar-refractivity contribution in [3.63, 3.8) is 0 Å². The summed E-state index contributed by atoms with van der Waals surface area (Å²) in [4.78, 5) is 22.7. The van der Waals surface area contributed by atoms with Gasteiger partial charge in [0.2, 0.25) is 0 Å². The summed E-state index contributed by atoms with van der Waals surface area (Å²) in [7, 11) is 0. The number of fused-ring (bicyclic) bond motifs is 1. The molecule has 2 rings (SSSR count). The Hall–Kier alpha value is -0.880. The van der Waals surface area contributed by atoms with Crippen LogP contribution in [0, 0.1) is 0 Å². The molecule has 96 valence electrons. The number of aromatic carboxylic acids is 2. The first kappa shape index (κ1) is 13.5. The van der Waals surface area contributed by atoms with E-state index in [0.717, 1.165) is 12.8 Å². The third-order valence-corrected chi connectivity index (χ3v) is 5.25. The average molecular weight is 378 g/mol. The summed E-state index contributed by atoms with van der Waals surface area (Å²) in [5.74, 6) is -2.06. The molecule has 0 fully saturated rings. The number of hydrogen-bond donors (Lipinski definition) is 2. The zero-order valence-corrected chi connectivity index (χ0v) is 12.5. The minimum absolute atomic E-state index is 0.182. The van der Waals surface area contributed by atoms with Crippen LogP contribution in [-0.2, 0) is 12.8 Å². The maximum Gasteiger partial charge on any atom is 0.337 e. The van der Waals surface area contributed by atoms with Gasteiger partial charge < -0.3 is 10.2 Å². The van der Waals surface area contributed by atoms with Crippen molar-refractivity contribution >= 4 is 43.8 Å². The smallest absolute Gasteiger partial charge is 0.337 e. The van der Waals surface area contributed by atoms with E-state index >= 15 is 0 Å². The molecule has 2 N–H and O–H groups in total. The molecule has 1 aromatic carbocycles. The van der Waals surface area contributed by atoms with Crippen LogP contribution in [0.25, 0.3) is 0 Å². The monoisotopic (exact) mass is 376 g/mol. The molecule has 0 spiro atoms. The zero-order chi connectivity index (χ0) is 13.4. The van der Waals surface area contributed by atoms with Gasteiger partial charge >= 0.3 is 11.9 Å². The van der Waals surface area contributed by atoms with Crippen LogP contribution >= 0.6 is 31.9 Å². The highest BCUT2D eigenvalue weighted by molar-refractivity contribution is 9.13. The van der Waals surface area contributed by atoms with Crippen LogP contribution in [0.4, 0.5) is 0 Å². The van der Waals surface area contributed by atoms with Crippen molar-refractivity contribution in [1.82, 2.24) is 0 Å². The predicted octanol–water partition coefficient (Wildman–Crippen LogP) is 3.49. The van der Waals surface area contributed by atoms with Crippen molar-refractivity contribution in [2.45, 2.75) is 25.7 Å². The summed E-state index contributed by atoms with van der Waals surface area (Å²) in [6.07, 6.45) is 3.01. The number of rotatable bonds is 2. The molecule has 0 aliphatic heterocycles. The van der Waals surface area contributed by atoms with E-state index in [-0.39, 0.29) is 11.1 Å². The largest absolute Gasteiger partial charge is 0.478 e. The molecule has 0 amide bonds. The van der Waals surface area contributed by atoms with Gasteiger partial charge in [-0.05, 0) is 68.7 Å². The van der Waals surface area contributed by atoms with Gasteiger partial charge in [0.05, 0.1) is 11.1 Å². The Kier molecular flexibility index (Phi) is 3.77. The summed E-state index contributed by atoms with van der Waals surface area (Å²) >= 11 is 6.38. The molecule has 0 saturated carbocycles. The van der Waals surface area contributed by atoms with Gasteiger partial charge in [-0.2, -0.15) is 0 Å². The van der Waals surface area contributed by atoms with E-state index in [4.69, 9.17) is 0 Å². The van der Waals surface area contributed by atoms with E-state index in [1.54, 1.807) is 0 Å². The Morgan fingerprint density at radius 3 is 1.44 bits per heavy atom. The van der Waals surface area contributed by atoms with Gasteiger partial charge in [0.25, 0.3) is 0 Å². The molecule has 0 unspecified atom stereocenters. The Balaban J connectivity index is 2.85. The molecular weight excluding hydrogens is 368 g/mol. The zero-order valence-electron chi connectivity index (χ0n) is 9.30. The lowest BCUT2D eigenvalue weighted by Gasteiger charge is -2.22. The lowest BCUT2D eigenvalue weighted by Crippen LogP contribution is -2.17. The number of benzene rings is 1. The molecule has 0 bridgehead atoms. The summed E-state index contributed by atoms with van der Waals surface area (Å²) in [5.41, 5.74) is 1.67. The van der Waals surface area contributed by atoms with E-state index < -0.39 is 11.9 Å². The minimum Gasteiger partial charge on any atom is -0.478 e. The summed E-state index contributed by atoms with van der Waals surface area (Å²) in [6.45, 7) is 0. The fourth-order valence-corrected chi connectivity index (χ4v) is 3.60. The van der Waals surface area contributed by atoms with E-state index in [2.05, 4.69) is 31.9 Å². The molecule has 18 heavy (non-hydrogen) atoms. The van der Waals surface area contributed by atoms with E-state index in [9.17, 15) is 19.8 Å². The Labute approximate surface area is 120 Å². The van der Waals surface area contributed by atoms with Gasteiger partial charge in [-0.15, -0.1) is 0 Å². The summed E-state index contributed by atoms with van der Waals surface area (Å²) in [6, 6.07) is 0. The molecule has 0 heterocycles. The number of hydrogen-bond acceptors (Lipinski definition) is 2. The normalized spacial score (nSPS) is 14.1. The van der Waals surface area contributed by atoms with Crippen molar-refractivity contribution in [2.24, 2.45) is 0 Å². The lowest BCUT2D eigenvalue weighted by atomic mass is 9.85. The van der Waals surface area contributed by atoms with Crippen molar-refractivity contribution < 1.29 is 19.8 Å². The van der Waals surface area contributed by atoms with Crippen molar-refractivity contribution in [2.75, 3.05) is 0 Å². The Morgan fingerprint density at radius 1 is 0.833 bits per heavy atom. The van der Waals surface area contributed by atoms with Crippen LogP contribution in [0.3, 0.4) is 0 Å². The number of carbonyl (C=O) groups is 2. The van der Waals surface area contributed by atoms with Gasteiger partial charge in [0, 0.05) is 8.95 Å². The average Bonchev–Trinajstić information content (AvgIpc) is 2.29. The Bertz CT molecular complexity index is 503. The van der Waals surface area contributed by atoms with Gasteiger partial charge in [0.1, 0.15) is 0 Å². The number of carboxylic acid groups (broad SMARTS) is 2. The van der Waals surface area contributed by atoms with E-state index in [1.165, 1.54) is 0 Å². The van der Waals surface area contributed by atoms with Crippen LogP contribution in [0.2, 0.25) is 0 Å². The van der Waals surface area contributed by atoms with Gasteiger partial charge in [-0.3, -0.25) is 0 Å². The molecule has 0 radical (unpaired) electrons. The van der Waals surface area contributed by atoms with Crippen LogP contribution in [-0.4, -0.2) is 22.2 Å². The predicted molar refractivity (Wildman–Crippen MR) is 72.4 cm³/mol. The fourth-order valence-electron chi connectivity index (χ4n) is 2.39. The first-order valence-corrected chi connectivity index (χ1v) is 7.03. The standard InChI is InChI=1S/C12H10Br2O4/c13-9-7(11(15)16)5-3-1-2-4-6(5)8(10(9)14)12(17)18/h1-4H2,(H,15,16)(H,17,18). The maximum absolute atomic E-state index is 11.3. The van der Waals surface area contributed by atoms with Crippen LogP contribution in [0.15, 0.2) is 8.95 Å². The van der Waals surface area contributed by atoms with Gasteiger partial charge in [-0.25, -0.2) is 9.59 Å². The maximum atomic E-state index is 11.3. The van der Waals surface area contributed by atoms with Crippen molar-refractivity contribution in [3.8, 4) is 0 Å². The number of carboxylic acids is 2. The Morgan fingerprint density at radius 2 is 1.17 bits per heavy atom. The first-order chi connectivity index (χ1) is 8.45. The highest BCUT2D eigenvalue weighted by Gasteiger charge is 2.29. The first-order valence-electron chi connectivity index (χ1n) is 5.44. The number of halogens is 2. The van der Waals surface area contributed by atoms with Crippen molar-refractivity contribution in [1.29, 1.82) is 0 Å². The van der Waals surface area contributed by atoms with Crippen LogP contribution in [0.1, 0.15) is 44.7 Å². The van der Waals surface area contributed by atoms with Crippen molar-refractivity contribution in [3.05, 3.63) is 31.2 Å². The lowest BCUT2D eigenvalue weighted by molar-refractivity contribution is 0.0676. The van der Waals surface area contributed by atoms with E-state index in [1.807, 2.05) is 0 Å². The van der Waals surface area contributed by atoms with Gasteiger partial charge in [-0.1, -0.05) is 0 Å². The summed E-state index contributed by atoms with van der Waals surface area (Å²) in [5, 5.41) is 18.6. The second-order valence-corrected chi connectivity index (χ2v) is 5.74. The van der Waals surface area contributed by atoms with Gasteiger partial charge in [0.15, 0.2) is 0 Å². The molecule has 6 heteroatoms. The van der Waals surface area contributed by atoms with Crippen LogP contribution in [0.5, 0.6) is 0 Å². The second kappa shape index (κ2) is 5.01. The molecule has 0 aromatic heterocycles. The third-order valence-electron chi connectivity index (χ3n) is 3.13. The van der Waals surface area contributed by atoms with E-state index in [0.29, 0.717) is 32.9 Å². The molecule has 0 atom stereocenters. The third kappa shape index (κ3) is 2.07. The fraction of sp³-hybridized carbons (Fsp3) is 0.333.